The van der Waals surface area contributed by atoms with E-state index in [-0.39, 0.29) is 11.0 Å². The fourth-order valence-electron chi connectivity index (χ4n) is 3.56. The van der Waals surface area contributed by atoms with E-state index in [1.54, 1.807) is 42.5 Å². The molecular weight excluding hydrogens is 450 g/mol. The van der Waals surface area contributed by atoms with Crippen LogP contribution in [-0.2, 0) is 9.59 Å². The molecule has 7 heteroatoms. The van der Waals surface area contributed by atoms with E-state index in [0.29, 0.717) is 17.0 Å². The quantitative estimate of drug-likeness (QED) is 0.238. The molecule has 4 rings (SSSR count). The molecule has 0 bridgehead atoms. The number of aliphatic hydroxyl groups is 1. The molecule has 1 aliphatic heterocycles. The molecule has 0 saturated carbocycles. The Balaban J connectivity index is 1.44. The molecule has 0 spiro atoms. The summed E-state index contributed by atoms with van der Waals surface area (Å²) in [5.41, 5.74) is 3.97. The number of carbonyl (C=O) groups excluding carboxylic acids is 3. The van der Waals surface area contributed by atoms with E-state index in [0.717, 1.165) is 39.4 Å². The molecule has 3 aromatic rings. The number of carbonyl (C=O) groups is 3. The van der Waals surface area contributed by atoms with Gasteiger partial charge in [-0.1, -0.05) is 24.8 Å². The van der Waals surface area contributed by atoms with Gasteiger partial charge in [0, 0.05) is 28.3 Å². The lowest BCUT2D eigenvalue weighted by Gasteiger charge is -2.20. The number of thioether (sulfide) groups is 1. The highest BCUT2D eigenvalue weighted by Gasteiger charge is 2.25. The van der Waals surface area contributed by atoms with E-state index < -0.39 is 12.2 Å². The molecule has 1 unspecified atom stereocenters. The maximum absolute atomic E-state index is 12.8. The van der Waals surface area contributed by atoms with Crippen LogP contribution < -0.4 is 9.64 Å². The fourth-order valence-corrected chi connectivity index (χ4v) is 4.29. The van der Waals surface area contributed by atoms with Crippen LogP contribution in [0.2, 0.25) is 0 Å². The molecule has 1 amide bonds. The van der Waals surface area contributed by atoms with E-state index in [2.05, 4.69) is 6.58 Å². The van der Waals surface area contributed by atoms with E-state index in [1.807, 2.05) is 31.2 Å². The molecule has 0 radical (unpaired) electrons. The predicted molar refractivity (Wildman–Crippen MR) is 132 cm³/mol. The second-order valence-electron chi connectivity index (χ2n) is 7.54. The minimum absolute atomic E-state index is 0.104. The number of rotatable bonds is 6. The number of ether oxygens (including phenoxy) is 1. The van der Waals surface area contributed by atoms with Gasteiger partial charge in [-0.25, -0.2) is 4.79 Å². The normalized spacial score (nSPS) is 14.8. The van der Waals surface area contributed by atoms with Gasteiger partial charge >= 0.3 is 5.97 Å². The van der Waals surface area contributed by atoms with Crippen molar-refractivity contribution in [2.24, 2.45) is 0 Å². The van der Waals surface area contributed by atoms with Crippen molar-refractivity contribution < 1.29 is 24.2 Å². The van der Waals surface area contributed by atoms with Crippen molar-refractivity contribution in [3.63, 3.8) is 0 Å². The van der Waals surface area contributed by atoms with Crippen molar-refractivity contribution in [2.45, 2.75) is 18.0 Å². The van der Waals surface area contributed by atoms with Gasteiger partial charge in [-0.15, -0.1) is 0 Å². The zero-order valence-electron chi connectivity index (χ0n) is 18.3. The van der Waals surface area contributed by atoms with Crippen LogP contribution in [0.25, 0.3) is 11.1 Å². The summed E-state index contributed by atoms with van der Waals surface area (Å²) >= 11 is 1.09. The third-order valence-corrected chi connectivity index (χ3v) is 6.18. The van der Waals surface area contributed by atoms with Gasteiger partial charge in [-0.2, -0.15) is 0 Å². The summed E-state index contributed by atoms with van der Waals surface area (Å²) in [6, 6.07) is 19.5. The summed E-state index contributed by atoms with van der Waals surface area (Å²) in [6.45, 7) is 5.31. The summed E-state index contributed by atoms with van der Waals surface area (Å²) in [4.78, 5) is 38.0. The van der Waals surface area contributed by atoms with Crippen LogP contribution >= 0.6 is 11.8 Å². The molecule has 1 heterocycles. The molecule has 0 fully saturated rings. The number of anilines is 1. The monoisotopic (exact) mass is 471 g/mol. The maximum Gasteiger partial charge on any atom is 0.335 e. The fraction of sp³-hybridized carbons (Fsp3) is 0.0741. The second kappa shape index (κ2) is 9.91. The maximum atomic E-state index is 12.8. The number of amides is 1. The molecule has 1 N–H and O–H groups in total. The first-order chi connectivity index (χ1) is 16.4. The lowest BCUT2D eigenvalue weighted by Crippen LogP contribution is -2.33. The van der Waals surface area contributed by atoms with Gasteiger partial charge in [0.25, 0.3) is 5.91 Å². The van der Waals surface area contributed by atoms with Gasteiger partial charge in [0.2, 0.25) is 5.12 Å². The summed E-state index contributed by atoms with van der Waals surface area (Å²) < 4.78 is 5.10. The number of hydrogen-bond donors (Lipinski definition) is 1. The van der Waals surface area contributed by atoms with Crippen LogP contribution in [0.1, 0.15) is 15.9 Å². The highest BCUT2D eigenvalue weighted by atomic mass is 32.2. The van der Waals surface area contributed by atoms with Crippen molar-refractivity contribution >= 4 is 34.4 Å². The van der Waals surface area contributed by atoms with E-state index in [9.17, 15) is 19.5 Å². The van der Waals surface area contributed by atoms with Gasteiger partial charge in [0.05, 0.1) is 0 Å². The Morgan fingerprint density at radius 2 is 1.76 bits per heavy atom. The number of hydrogen-bond acceptors (Lipinski definition) is 6. The Kier molecular flexibility index (Phi) is 6.77. The molecule has 1 atom stereocenters. The number of aliphatic hydroxyl groups excluding tert-OH is 1. The van der Waals surface area contributed by atoms with Crippen molar-refractivity contribution in [3.05, 3.63) is 103 Å². The Labute approximate surface area is 201 Å². The highest BCUT2D eigenvalue weighted by molar-refractivity contribution is 8.14. The summed E-state index contributed by atoms with van der Waals surface area (Å²) in [5, 5.41) is 9.80. The van der Waals surface area contributed by atoms with Gasteiger partial charge in [0.15, 0.2) is 6.23 Å². The molecule has 0 aromatic heterocycles. The molecule has 1 aliphatic rings. The van der Waals surface area contributed by atoms with Crippen LogP contribution in [0.5, 0.6) is 5.75 Å². The highest BCUT2D eigenvalue weighted by Crippen LogP contribution is 2.30. The molecule has 170 valence electrons. The van der Waals surface area contributed by atoms with Gasteiger partial charge in [0.1, 0.15) is 5.75 Å². The van der Waals surface area contributed by atoms with Crippen LogP contribution in [0, 0.1) is 6.92 Å². The lowest BCUT2D eigenvalue weighted by atomic mass is 9.98. The van der Waals surface area contributed by atoms with Gasteiger partial charge in [-0.3, -0.25) is 14.5 Å². The molecular formula is C27H21NO5S. The third kappa shape index (κ3) is 5.01. The van der Waals surface area contributed by atoms with Crippen molar-refractivity contribution in [3.8, 4) is 16.9 Å². The molecule has 6 nitrogen and oxygen atoms in total. The zero-order chi connectivity index (χ0) is 24.2. The smallest absolute Gasteiger partial charge is 0.335 e. The minimum Gasteiger partial charge on any atom is -0.423 e. The Bertz CT molecular complexity index is 1300. The average Bonchev–Trinajstić information content (AvgIpc) is 3.18. The molecule has 3 aromatic carbocycles. The van der Waals surface area contributed by atoms with Gasteiger partial charge < -0.3 is 9.84 Å². The van der Waals surface area contributed by atoms with Crippen LogP contribution in [0.4, 0.5) is 5.69 Å². The average molecular weight is 472 g/mol. The first-order valence-electron chi connectivity index (χ1n) is 10.4. The number of esters is 1. The predicted octanol–water partition coefficient (Wildman–Crippen LogP) is 4.91. The molecule has 0 aliphatic carbocycles. The van der Waals surface area contributed by atoms with Crippen LogP contribution in [0.15, 0.2) is 96.4 Å². The van der Waals surface area contributed by atoms with Crippen molar-refractivity contribution in [1.82, 2.24) is 0 Å². The van der Waals surface area contributed by atoms with Gasteiger partial charge in [-0.05, 0) is 90.0 Å². The summed E-state index contributed by atoms with van der Waals surface area (Å²) in [6.07, 6.45) is 2.88. The first-order valence-corrected chi connectivity index (χ1v) is 11.2. The van der Waals surface area contributed by atoms with E-state index in [1.165, 1.54) is 17.1 Å². The first kappa shape index (κ1) is 23.2. The second-order valence-corrected chi connectivity index (χ2v) is 8.59. The third-order valence-electron chi connectivity index (χ3n) is 5.25. The largest absolute Gasteiger partial charge is 0.423 e. The van der Waals surface area contributed by atoms with Crippen LogP contribution in [0.3, 0.4) is 0 Å². The SMILES string of the molecule is C=CC(=O)Oc1ccc(-c2ccc(C(=O)Sc3ccc(N4C(=O)C=CC4O)cc3)cc2C)cc1. The van der Waals surface area contributed by atoms with Crippen LogP contribution in [-0.4, -0.2) is 28.3 Å². The lowest BCUT2D eigenvalue weighted by molar-refractivity contribution is -0.129. The van der Waals surface area contributed by atoms with Crippen molar-refractivity contribution in [2.75, 3.05) is 4.90 Å². The Hall–Kier alpha value is -3.94. The molecule has 0 saturated heterocycles. The Morgan fingerprint density at radius 1 is 1.06 bits per heavy atom. The molecule has 34 heavy (non-hydrogen) atoms. The van der Waals surface area contributed by atoms with Crippen molar-refractivity contribution in [1.29, 1.82) is 0 Å². The number of aryl methyl sites for hydroxylation is 1. The topological polar surface area (TPSA) is 83.9 Å². The minimum atomic E-state index is -0.979. The summed E-state index contributed by atoms with van der Waals surface area (Å²) in [5.74, 6) is -0.370. The number of nitrogens with zero attached hydrogens (tertiary/aromatic N) is 1. The number of benzene rings is 3. The van der Waals surface area contributed by atoms with E-state index in [4.69, 9.17) is 4.74 Å². The van der Waals surface area contributed by atoms with E-state index >= 15 is 0 Å². The Morgan fingerprint density at radius 3 is 2.35 bits per heavy atom. The standard InChI is InChI=1S/C27H21NO5S/c1-3-26(31)33-21-9-4-18(5-10-21)23-13-6-19(16-17(23)2)27(32)34-22-11-7-20(8-12-22)28-24(29)14-15-25(28)30/h3-16,24,29H,1H2,2H3. The summed E-state index contributed by atoms with van der Waals surface area (Å²) in [7, 11) is 0. The zero-order valence-corrected chi connectivity index (χ0v) is 19.1.